The molecular weight excluding hydrogens is 288 g/mol. The molecule has 4 N–H and O–H groups in total. The normalized spacial score (nSPS) is 20.8. The zero-order valence-electron chi connectivity index (χ0n) is 10.4. The fourth-order valence-electron chi connectivity index (χ4n) is 2.39. The van der Waals surface area contributed by atoms with Gasteiger partial charge in [0.25, 0.3) is 0 Å². The molecule has 106 valence electrons. The molecule has 2 heterocycles. The van der Waals surface area contributed by atoms with E-state index in [9.17, 15) is 8.42 Å². The monoisotopic (exact) mass is 304 g/mol. The van der Waals surface area contributed by atoms with Gasteiger partial charge in [-0.25, -0.2) is 18.5 Å². The van der Waals surface area contributed by atoms with Crippen molar-refractivity contribution in [1.82, 2.24) is 9.88 Å². The lowest BCUT2D eigenvalue weighted by molar-refractivity contribution is 0.321. The minimum atomic E-state index is -3.41. The van der Waals surface area contributed by atoms with Crippen LogP contribution < -0.4 is 10.9 Å². The Morgan fingerprint density at radius 3 is 2.89 bits per heavy atom. The molecule has 6 nitrogen and oxygen atoms in total. The highest BCUT2D eigenvalue weighted by Gasteiger charge is 2.26. The van der Waals surface area contributed by atoms with E-state index in [0.717, 1.165) is 18.5 Å². The van der Waals surface area contributed by atoms with Crippen molar-refractivity contribution in [3.05, 3.63) is 22.8 Å². The number of pyridine rings is 1. The lowest BCUT2D eigenvalue weighted by atomic mass is 10.2. The second kappa shape index (κ2) is 5.62. The summed E-state index contributed by atoms with van der Waals surface area (Å²) in [4.78, 5) is 6.13. The smallest absolute Gasteiger partial charge is 0.209 e. The van der Waals surface area contributed by atoms with Gasteiger partial charge in [-0.3, -0.25) is 4.90 Å². The first kappa shape index (κ1) is 14.5. The molecular formula is C11H17ClN4O2S. The minimum absolute atomic E-state index is 0.0275. The standard InChI is InChI=1S/C11H17ClN4O2S/c12-10-1-3-15-11(13)9(10)6-16-4-2-8(5-16)7-19(14,17)18/h1,3,8H,2,4-7H2,(H2,13,15)(H2,14,17,18). The second-order valence-corrected chi connectivity index (χ2v) is 6.94. The van der Waals surface area contributed by atoms with Crippen LogP contribution in [0.15, 0.2) is 12.3 Å². The quantitative estimate of drug-likeness (QED) is 0.839. The molecule has 1 atom stereocenters. The first-order valence-corrected chi connectivity index (χ1v) is 8.06. The number of hydrogen-bond acceptors (Lipinski definition) is 5. The van der Waals surface area contributed by atoms with E-state index in [1.807, 2.05) is 0 Å². The first-order valence-electron chi connectivity index (χ1n) is 5.97. The van der Waals surface area contributed by atoms with Crippen molar-refractivity contribution in [2.45, 2.75) is 13.0 Å². The van der Waals surface area contributed by atoms with E-state index < -0.39 is 10.0 Å². The Balaban J connectivity index is 1.99. The van der Waals surface area contributed by atoms with E-state index in [-0.39, 0.29) is 11.7 Å². The van der Waals surface area contributed by atoms with E-state index in [0.29, 0.717) is 23.9 Å². The van der Waals surface area contributed by atoms with Crippen molar-refractivity contribution in [2.75, 3.05) is 24.6 Å². The van der Waals surface area contributed by atoms with Crippen LogP contribution >= 0.6 is 11.6 Å². The number of nitrogens with two attached hydrogens (primary N) is 2. The van der Waals surface area contributed by atoms with Gasteiger partial charge >= 0.3 is 0 Å². The summed E-state index contributed by atoms with van der Waals surface area (Å²) in [5.41, 5.74) is 6.59. The molecule has 0 bridgehead atoms. The number of nitrogens with zero attached hydrogens (tertiary/aromatic N) is 2. The van der Waals surface area contributed by atoms with Gasteiger partial charge in [0.05, 0.1) is 10.8 Å². The summed E-state index contributed by atoms with van der Waals surface area (Å²) in [5.74, 6) is 0.522. The highest BCUT2D eigenvalue weighted by molar-refractivity contribution is 7.89. The van der Waals surface area contributed by atoms with Gasteiger partial charge in [-0.2, -0.15) is 0 Å². The maximum atomic E-state index is 11.1. The lowest BCUT2D eigenvalue weighted by Gasteiger charge is -2.17. The van der Waals surface area contributed by atoms with Crippen LogP contribution in [0.4, 0.5) is 5.82 Å². The van der Waals surface area contributed by atoms with Crippen LogP contribution in [0.2, 0.25) is 5.02 Å². The molecule has 0 saturated carbocycles. The maximum Gasteiger partial charge on any atom is 0.209 e. The Morgan fingerprint density at radius 2 is 2.26 bits per heavy atom. The minimum Gasteiger partial charge on any atom is -0.383 e. The summed E-state index contributed by atoms with van der Waals surface area (Å²) in [6, 6.07) is 1.70. The third kappa shape index (κ3) is 4.04. The van der Waals surface area contributed by atoms with Crippen molar-refractivity contribution >= 4 is 27.4 Å². The van der Waals surface area contributed by atoms with E-state index in [1.54, 1.807) is 12.3 Å². The number of nitrogen functional groups attached to an aromatic ring is 1. The molecule has 1 aromatic heterocycles. The fraction of sp³-hybridized carbons (Fsp3) is 0.545. The topological polar surface area (TPSA) is 102 Å². The molecule has 0 spiro atoms. The zero-order chi connectivity index (χ0) is 14.0. The molecule has 1 aliphatic heterocycles. The third-order valence-corrected chi connectivity index (χ3v) is 4.54. The Morgan fingerprint density at radius 1 is 1.53 bits per heavy atom. The summed E-state index contributed by atoms with van der Waals surface area (Å²) < 4.78 is 22.1. The Bertz CT molecular complexity index is 544. The molecule has 0 radical (unpaired) electrons. The van der Waals surface area contributed by atoms with E-state index in [2.05, 4.69) is 9.88 Å². The highest BCUT2D eigenvalue weighted by Crippen LogP contribution is 2.25. The van der Waals surface area contributed by atoms with E-state index in [4.69, 9.17) is 22.5 Å². The molecule has 1 unspecified atom stereocenters. The van der Waals surface area contributed by atoms with E-state index in [1.165, 1.54) is 0 Å². The van der Waals surface area contributed by atoms with Crippen LogP contribution in [0.5, 0.6) is 0 Å². The number of halogens is 1. The van der Waals surface area contributed by atoms with Crippen molar-refractivity contribution in [3.8, 4) is 0 Å². The van der Waals surface area contributed by atoms with Gasteiger partial charge in [-0.15, -0.1) is 0 Å². The predicted octanol–water partition coefficient (Wildman–Crippen LogP) is 0.428. The number of primary sulfonamides is 1. The van der Waals surface area contributed by atoms with Gasteiger partial charge in [0.15, 0.2) is 0 Å². The Hall–Kier alpha value is -0.890. The lowest BCUT2D eigenvalue weighted by Crippen LogP contribution is -2.26. The molecule has 2 rings (SSSR count). The average Bonchev–Trinajstić information content (AvgIpc) is 2.69. The van der Waals surface area contributed by atoms with Crippen LogP contribution in [0, 0.1) is 5.92 Å². The molecule has 1 aliphatic rings. The fourth-order valence-corrected chi connectivity index (χ4v) is 3.53. The molecule has 1 saturated heterocycles. The maximum absolute atomic E-state index is 11.1. The summed E-state index contributed by atoms with van der Waals surface area (Å²) in [7, 11) is -3.41. The number of hydrogen-bond donors (Lipinski definition) is 2. The summed E-state index contributed by atoms with van der Waals surface area (Å²) in [6.45, 7) is 2.07. The SMILES string of the molecule is Nc1nccc(Cl)c1CN1CCC(CS(N)(=O)=O)C1. The molecule has 19 heavy (non-hydrogen) atoms. The predicted molar refractivity (Wildman–Crippen MR) is 75.0 cm³/mol. The number of aromatic nitrogens is 1. The van der Waals surface area contributed by atoms with Crippen LogP contribution in [0.25, 0.3) is 0 Å². The largest absolute Gasteiger partial charge is 0.383 e. The van der Waals surface area contributed by atoms with Crippen LogP contribution in [-0.4, -0.2) is 37.1 Å². The molecule has 0 aromatic carbocycles. The molecule has 8 heteroatoms. The highest BCUT2D eigenvalue weighted by atomic mass is 35.5. The van der Waals surface area contributed by atoms with Gasteiger partial charge in [0.2, 0.25) is 10.0 Å². The number of sulfonamides is 1. The van der Waals surface area contributed by atoms with Crippen molar-refractivity contribution in [3.63, 3.8) is 0 Å². The van der Waals surface area contributed by atoms with Gasteiger partial charge in [-0.05, 0) is 24.9 Å². The van der Waals surface area contributed by atoms with Crippen molar-refractivity contribution in [2.24, 2.45) is 11.1 Å². The second-order valence-electron chi connectivity index (χ2n) is 4.88. The summed E-state index contributed by atoms with van der Waals surface area (Å²) >= 11 is 6.09. The van der Waals surface area contributed by atoms with Crippen LogP contribution in [0.3, 0.4) is 0 Å². The number of anilines is 1. The first-order chi connectivity index (χ1) is 8.85. The number of likely N-dealkylation sites (tertiary alicyclic amines) is 1. The zero-order valence-corrected chi connectivity index (χ0v) is 12.0. The van der Waals surface area contributed by atoms with E-state index >= 15 is 0 Å². The summed E-state index contributed by atoms with van der Waals surface area (Å²) in [5, 5.41) is 5.65. The van der Waals surface area contributed by atoms with Crippen molar-refractivity contribution in [1.29, 1.82) is 0 Å². The average molecular weight is 305 g/mol. The molecule has 0 aliphatic carbocycles. The summed E-state index contributed by atoms with van der Waals surface area (Å²) in [6.07, 6.45) is 2.38. The number of rotatable bonds is 4. The van der Waals surface area contributed by atoms with Gasteiger partial charge < -0.3 is 5.73 Å². The Labute approximate surface area is 117 Å². The molecule has 1 aromatic rings. The van der Waals surface area contributed by atoms with Crippen LogP contribution in [-0.2, 0) is 16.6 Å². The van der Waals surface area contributed by atoms with Gasteiger partial charge in [0.1, 0.15) is 5.82 Å². The third-order valence-electron chi connectivity index (χ3n) is 3.25. The van der Waals surface area contributed by atoms with Crippen molar-refractivity contribution < 1.29 is 8.42 Å². The van der Waals surface area contributed by atoms with Gasteiger partial charge in [0, 0.05) is 24.8 Å². The Kier molecular flexibility index (Phi) is 4.29. The van der Waals surface area contributed by atoms with Crippen LogP contribution in [0.1, 0.15) is 12.0 Å². The van der Waals surface area contributed by atoms with Gasteiger partial charge in [-0.1, -0.05) is 11.6 Å². The molecule has 0 amide bonds. The molecule has 1 fully saturated rings.